The summed E-state index contributed by atoms with van der Waals surface area (Å²) in [6.07, 6.45) is 0. The molecule has 2 aromatic rings. The Hall–Kier alpha value is -0.290. The average Bonchev–Trinajstić information content (AvgIpc) is 2.41. The smallest absolute Gasteiger partial charge is 0.0585 e. The normalized spacial score (nSPS) is 10.8. The number of halogens is 1. The van der Waals surface area contributed by atoms with Crippen LogP contribution in [-0.2, 0) is 0 Å². The number of rotatable bonds is 0. The Balaban J connectivity index is 2.93. The van der Waals surface area contributed by atoms with Gasteiger partial charge in [-0.25, -0.2) is 0 Å². The van der Waals surface area contributed by atoms with Crippen LogP contribution in [0, 0.1) is 10.5 Å². The van der Waals surface area contributed by atoms with Gasteiger partial charge in [-0.3, -0.25) is 0 Å². The van der Waals surface area contributed by atoms with Crippen molar-refractivity contribution in [1.82, 2.24) is 0 Å². The van der Waals surface area contributed by atoms with Gasteiger partial charge in [-0.2, -0.15) is 0 Å². The van der Waals surface area contributed by atoms with E-state index in [2.05, 4.69) is 40.1 Å². The Morgan fingerprint density at radius 2 is 2.17 bits per heavy atom. The van der Waals surface area contributed by atoms with E-state index in [1.807, 2.05) is 6.92 Å². The van der Waals surface area contributed by atoms with Crippen molar-refractivity contribution in [3.05, 3.63) is 26.6 Å². The summed E-state index contributed by atoms with van der Waals surface area (Å²) < 4.78 is 2.51. The standard InChI is InChI=1S/C9H8INS/c1-5-2-3-6-7(10)4-12-9(6)8(5)11/h2-4H,11H2,1H3. The fourth-order valence-electron chi connectivity index (χ4n) is 1.19. The first-order chi connectivity index (χ1) is 5.70. The van der Waals surface area contributed by atoms with Crippen LogP contribution in [-0.4, -0.2) is 0 Å². The molecule has 0 aliphatic heterocycles. The highest BCUT2D eigenvalue weighted by molar-refractivity contribution is 14.1. The quantitative estimate of drug-likeness (QED) is 0.584. The molecule has 2 N–H and O–H groups in total. The van der Waals surface area contributed by atoms with E-state index >= 15 is 0 Å². The van der Waals surface area contributed by atoms with Crippen LogP contribution in [0.3, 0.4) is 0 Å². The molecule has 0 amide bonds. The van der Waals surface area contributed by atoms with Gasteiger partial charge in [0.05, 0.1) is 10.4 Å². The Labute approximate surface area is 88.7 Å². The number of nitrogen functional groups attached to an aromatic ring is 1. The predicted octanol–water partition coefficient (Wildman–Crippen LogP) is 3.40. The molecule has 0 atom stereocenters. The van der Waals surface area contributed by atoms with Crippen LogP contribution >= 0.6 is 33.9 Å². The molecule has 3 heteroatoms. The van der Waals surface area contributed by atoms with Crippen molar-refractivity contribution in [3.8, 4) is 0 Å². The number of anilines is 1. The Morgan fingerprint density at radius 1 is 1.42 bits per heavy atom. The first-order valence-corrected chi connectivity index (χ1v) is 5.58. The number of aryl methyl sites for hydroxylation is 1. The number of fused-ring (bicyclic) bond motifs is 1. The summed E-state index contributed by atoms with van der Waals surface area (Å²) in [5, 5.41) is 3.42. The van der Waals surface area contributed by atoms with Crippen LogP contribution in [0.25, 0.3) is 10.1 Å². The third-order valence-corrected chi connectivity index (χ3v) is 4.30. The van der Waals surface area contributed by atoms with E-state index < -0.39 is 0 Å². The highest BCUT2D eigenvalue weighted by Crippen LogP contribution is 2.33. The van der Waals surface area contributed by atoms with Gasteiger partial charge in [-0.1, -0.05) is 12.1 Å². The summed E-state index contributed by atoms with van der Waals surface area (Å²) in [7, 11) is 0. The molecule has 1 aromatic carbocycles. The fraction of sp³-hybridized carbons (Fsp3) is 0.111. The molecule has 1 nitrogen and oxygen atoms in total. The van der Waals surface area contributed by atoms with E-state index in [0.717, 1.165) is 5.69 Å². The van der Waals surface area contributed by atoms with Crippen LogP contribution in [0.4, 0.5) is 5.69 Å². The van der Waals surface area contributed by atoms with E-state index in [1.54, 1.807) is 11.3 Å². The minimum atomic E-state index is 0.931. The largest absolute Gasteiger partial charge is 0.397 e. The molecule has 2 rings (SSSR count). The van der Waals surface area contributed by atoms with Crippen LogP contribution in [0.1, 0.15) is 5.56 Å². The second kappa shape index (κ2) is 2.88. The zero-order chi connectivity index (χ0) is 8.72. The molecule has 1 heterocycles. The number of nitrogens with two attached hydrogens (primary N) is 1. The second-order valence-corrected chi connectivity index (χ2v) is 4.80. The third-order valence-electron chi connectivity index (χ3n) is 1.95. The lowest BCUT2D eigenvalue weighted by Gasteiger charge is -1.99. The highest BCUT2D eigenvalue weighted by atomic mass is 127. The van der Waals surface area contributed by atoms with Gasteiger partial charge < -0.3 is 5.73 Å². The predicted molar refractivity (Wildman–Crippen MR) is 63.7 cm³/mol. The number of thiophene rings is 1. The summed E-state index contributed by atoms with van der Waals surface area (Å²) in [5.74, 6) is 0. The first-order valence-electron chi connectivity index (χ1n) is 3.62. The molecule has 1 aromatic heterocycles. The molecule has 0 aliphatic carbocycles. The van der Waals surface area contributed by atoms with E-state index in [0.29, 0.717) is 0 Å². The van der Waals surface area contributed by atoms with Crippen molar-refractivity contribution in [2.24, 2.45) is 0 Å². The molecule has 0 radical (unpaired) electrons. The fourth-order valence-corrected chi connectivity index (χ4v) is 3.14. The van der Waals surface area contributed by atoms with Crippen molar-refractivity contribution < 1.29 is 0 Å². The van der Waals surface area contributed by atoms with Gasteiger partial charge in [-0.15, -0.1) is 11.3 Å². The Kier molecular flexibility index (Phi) is 2.00. The zero-order valence-corrected chi connectivity index (χ0v) is 9.57. The van der Waals surface area contributed by atoms with E-state index in [1.165, 1.54) is 19.2 Å². The van der Waals surface area contributed by atoms with Crippen molar-refractivity contribution in [3.63, 3.8) is 0 Å². The maximum atomic E-state index is 5.94. The molecule has 0 saturated carbocycles. The van der Waals surface area contributed by atoms with Gasteiger partial charge in [0.2, 0.25) is 0 Å². The lowest BCUT2D eigenvalue weighted by atomic mass is 10.1. The van der Waals surface area contributed by atoms with Crippen LogP contribution in [0.2, 0.25) is 0 Å². The monoisotopic (exact) mass is 289 g/mol. The highest BCUT2D eigenvalue weighted by Gasteiger charge is 2.05. The van der Waals surface area contributed by atoms with Crippen molar-refractivity contribution >= 4 is 49.7 Å². The molecule has 0 saturated heterocycles. The summed E-state index contributed by atoms with van der Waals surface area (Å²) in [4.78, 5) is 0. The number of hydrogen-bond acceptors (Lipinski definition) is 2. The van der Waals surface area contributed by atoms with Gasteiger partial charge in [0.1, 0.15) is 0 Å². The lowest BCUT2D eigenvalue weighted by Crippen LogP contribution is -1.88. The van der Waals surface area contributed by atoms with Gasteiger partial charge in [-0.05, 0) is 35.1 Å². The molecule has 0 bridgehead atoms. The van der Waals surface area contributed by atoms with E-state index in [-0.39, 0.29) is 0 Å². The molecule has 62 valence electrons. The zero-order valence-electron chi connectivity index (χ0n) is 6.60. The molecule has 0 fully saturated rings. The minimum Gasteiger partial charge on any atom is -0.397 e. The van der Waals surface area contributed by atoms with Crippen molar-refractivity contribution in [2.45, 2.75) is 6.92 Å². The van der Waals surface area contributed by atoms with Crippen molar-refractivity contribution in [1.29, 1.82) is 0 Å². The van der Waals surface area contributed by atoms with E-state index in [4.69, 9.17) is 5.73 Å². The van der Waals surface area contributed by atoms with Crippen LogP contribution in [0.15, 0.2) is 17.5 Å². The SMILES string of the molecule is Cc1ccc2c(I)csc2c1N. The summed E-state index contributed by atoms with van der Waals surface area (Å²) in [6, 6.07) is 4.21. The summed E-state index contributed by atoms with van der Waals surface area (Å²) >= 11 is 4.06. The van der Waals surface area contributed by atoms with Crippen LogP contribution in [0.5, 0.6) is 0 Å². The van der Waals surface area contributed by atoms with Crippen molar-refractivity contribution in [2.75, 3.05) is 5.73 Å². The summed E-state index contributed by atoms with van der Waals surface area (Å²) in [6.45, 7) is 2.04. The minimum absolute atomic E-state index is 0.931. The maximum Gasteiger partial charge on any atom is 0.0585 e. The van der Waals surface area contributed by atoms with Gasteiger partial charge >= 0.3 is 0 Å². The molecule has 0 aliphatic rings. The molecule has 12 heavy (non-hydrogen) atoms. The van der Waals surface area contributed by atoms with Gasteiger partial charge in [0, 0.05) is 14.3 Å². The molecule has 0 unspecified atom stereocenters. The van der Waals surface area contributed by atoms with E-state index in [9.17, 15) is 0 Å². The summed E-state index contributed by atoms with van der Waals surface area (Å²) in [5.41, 5.74) is 8.04. The molecular formula is C9H8INS. The second-order valence-electron chi connectivity index (χ2n) is 2.76. The maximum absolute atomic E-state index is 5.94. The topological polar surface area (TPSA) is 26.0 Å². The molecular weight excluding hydrogens is 281 g/mol. The van der Waals surface area contributed by atoms with Crippen LogP contribution < -0.4 is 5.73 Å². The number of hydrogen-bond donors (Lipinski definition) is 1. The van der Waals surface area contributed by atoms with Gasteiger partial charge in [0.25, 0.3) is 0 Å². The first kappa shape index (κ1) is 8.31. The van der Waals surface area contributed by atoms with Gasteiger partial charge in [0.15, 0.2) is 0 Å². The Morgan fingerprint density at radius 3 is 2.92 bits per heavy atom. The Bertz CT molecular complexity index is 433. The number of benzene rings is 1. The third kappa shape index (κ3) is 1.11. The average molecular weight is 289 g/mol. The molecule has 0 spiro atoms. The lowest BCUT2D eigenvalue weighted by molar-refractivity contribution is 1.51.